The summed E-state index contributed by atoms with van der Waals surface area (Å²) in [5, 5.41) is 0. The Morgan fingerprint density at radius 3 is 2.73 bits per heavy atom. The molecule has 1 atom stereocenters. The number of ketones is 1. The van der Waals surface area contributed by atoms with E-state index in [2.05, 4.69) is 20.9 Å². The van der Waals surface area contributed by atoms with Crippen molar-refractivity contribution >= 4 is 27.4 Å². The zero-order chi connectivity index (χ0) is 15.7. The summed E-state index contributed by atoms with van der Waals surface area (Å²) in [6, 6.07) is 11.4. The summed E-state index contributed by atoms with van der Waals surface area (Å²) >= 11 is 3.51. The molecule has 0 spiro atoms. The van der Waals surface area contributed by atoms with Crippen molar-refractivity contribution in [1.82, 2.24) is 4.98 Å². The van der Waals surface area contributed by atoms with Gasteiger partial charge in [0.2, 0.25) is 0 Å². The zero-order valence-corrected chi connectivity index (χ0v) is 14.2. The van der Waals surface area contributed by atoms with Gasteiger partial charge in [0.15, 0.2) is 5.78 Å². The van der Waals surface area contributed by atoms with E-state index in [0.29, 0.717) is 6.42 Å². The van der Waals surface area contributed by atoms with Crippen LogP contribution in [0.1, 0.15) is 30.7 Å². The quantitative estimate of drug-likeness (QED) is 0.820. The van der Waals surface area contributed by atoms with Crippen LogP contribution in [0.15, 0.2) is 52.1 Å². The van der Waals surface area contributed by atoms with E-state index in [4.69, 9.17) is 4.99 Å². The maximum Gasteiger partial charge on any atom is 0.161 e. The Bertz CT molecular complexity index is 738. The van der Waals surface area contributed by atoms with E-state index in [1.54, 1.807) is 6.20 Å². The maximum absolute atomic E-state index is 12.5. The molecule has 2 aromatic rings. The van der Waals surface area contributed by atoms with Gasteiger partial charge in [-0.25, -0.2) is 0 Å². The number of Topliss-reactive ketones (excluding diaryl/α,β-unsaturated/α-hetero) is 1. The molecular formula is C18H17BrN2O. The van der Waals surface area contributed by atoms with Crippen LogP contribution in [0.4, 0.5) is 0 Å². The molecule has 4 heteroatoms. The summed E-state index contributed by atoms with van der Waals surface area (Å²) in [6.07, 6.45) is 2.18. The van der Waals surface area contributed by atoms with Crippen LogP contribution in [-0.4, -0.2) is 22.5 Å². The second-order valence-electron chi connectivity index (χ2n) is 5.83. The van der Waals surface area contributed by atoms with Crippen molar-refractivity contribution in [3.63, 3.8) is 0 Å². The number of aromatic nitrogens is 1. The van der Waals surface area contributed by atoms with Gasteiger partial charge in [-0.1, -0.05) is 41.9 Å². The monoisotopic (exact) mass is 356 g/mol. The molecule has 0 N–H and O–H groups in total. The van der Waals surface area contributed by atoms with Crippen LogP contribution in [0.25, 0.3) is 0 Å². The molecule has 3 rings (SSSR count). The number of carbonyl (C=O) groups excluding carboxylic acids is 1. The fourth-order valence-corrected chi connectivity index (χ4v) is 3.09. The molecular weight excluding hydrogens is 340 g/mol. The number of aliphatic imine (C=N–C) groups is 1. The van der Waals surface area contributed by atoms with Gasteiger partial charge in [-0.05, 0) is 35.7 Å². The number of fused-ring (bicyclic) bond motifs is 1. The Morgan fingerprint density at radius 2 is 2.05 bits per heavy atom. The van der Waals surface area contributed by atoms with Gasteiger partial charge < -0.3 is 0 Å². The molecule has 3 nitrogen and oxygen atoms in total. The molecule has 0 amide bonds. The molecule has 0 bridgehead atoms. The zero-order valence-electron chi connectivity index (χ0n) is 12.6. The van der Waals surface area contributed by atoms with E-state index in [0.717, 1.165) is 27.0 Å². The summed E-state index contributed by atoms with van der Waals surface area (Å²) in [7, 11) is 0. The number of hydrogen-bond donors (Lipinski definition) is 0. The second kappa shape index (κ2) is 6.13. The molecule has 22 heavy (non-hydrogen) atoms. The number of nitrogens with zero attached hydrogens (tertiary/aromatic N) is 2. The third-order valence-electron chi connectivity index (χ3n) is 3.83. The number of pyridine rings is 1. The fraction of sp³-hybridized carbons (Fsp3) is 0.278. The summed E-state index contributed by atoms with van der Waals surface area (Å²) in [4.78, 5) is 21.8. The van der Waals surface area contributed by atoms with E-state index in [1.807, 2.05) is 50.2 Å². The van der Waals surface area contributed by atoms with Gasteiger partial charge in [0.1, 0.15) is 6.04 Å². The molecule has 1 aliphatic rings. The summed E-state index contributed by atoms with van der Waals surface area (Å²) in [5.41, 5.74) is 3.62. The minimum atomic E-state index is -0.316. The Hall–Kier alpha value is -1.81. The lowest BCUT2D eigenvalue weighted by Crippen LogP contribution is -2.25. The topological polar surface area (TPSA) is 42.3 Å². The molecule has 112 valence electrons. The molecule has 0 unspecified atom stereocenters. The predicted molar refractivity (Wildman–Crippen MR) is 91.4 cm³/mol. The van der Waals surface area contributed by atoms with Gasteiger partial charge >= 0.3 is 0 Å². The molecule has 0 aliphatic carbocycles. The molecule has 0 saturated carbocycles. The first-order valence-corrected chi connectivity index (χ1v) is 8.16. The Morgan fingerprint density at radius 1 is 1.23 bits per heavy atom. The summed E-state index contributed by atoms with van der Waals surface area (Å²) < 4.78 is 0.977. The van der Waals surface area contributed by atoms with E-state index < -0.39 is 0 Å². The Balaban J connectivity index is 2.23. The van der Waals surface area contributed by atoms with Crippen LogP contribution in [-0.2, 0) is 11.2 Å². The molecule has 2 heterocycles. The highest BCUT2D eigenvalue weighted by Crippen LogP contribution is 2.26. The highest BCUT2D eigenvalue weighted by atomic mass is 79.9. The predicted octanol–water partition coefficient (Wildman–Crippen LogP) is 3.83. The van der Waals surface area contributed by atoms with Gasteiger partial charge in [-0.15, -0.1) is 0 Å². The van der Waals surface area contributed by atoms with E-state index >= 15 is 0 Å². The van der Waals surface area contributed by atoms with Gasteiger partial charge in [0.25, 0.3) is 0 Å². The van der Waals surface area contributed by atoms with E-state index in [9.17, 15) is 4.79 Å². The van der Waals surface area contributed by atoms with Crippen LogP contribution >= 0.6 is 15.9 Å². The molecule has 0 saturated heterocycles. The van der Waals surface area contributed by atoms with Crippen molar-refractivity contribution < 1.29 is 4.79 Å². The van der Waals surface area contributed by atoms with Crippen LogP contribution in [0.5, 0.6) is 0 Å². The van der Waals surface area contributed by atoms with Crippen molar-refractivity contribution in [2.75, 3.05) is 0 Å². The Kier molecular flexibility index (Phi) is 4.21. The van der Waals surface area contributed by atoms with E-state index in [1.165, 1.54) is 0 Å². The lowest BCUT2D eigenvalue weighted by Gasteiger charge is -2.14. The van der Waals surface area contributed by atoms with Crippen LogP contribution in [0, 0.1) is 5.92 Å². The normalized spacial score (nSPS) is 17.9. The first-order valence-electron chi connectivity index (χ1n) is 7.37. The molecule has 1 aromatic heterocycles. The van der Waals surface area contributed by atoms with Crippen molar-refractivity contribution in [3.05, 3.63) is 63.9 Å². The van der Waals surface area contributed by atoms with Crippen LogP contribution < -0.4 is 0 Å². The minimum absolute atomic E-state index is 0.170. The Labute approximate surface area is 138 Å². The van der Waals surface area contributed by atoms with Crippen LogP contribution in [0.2, 0.25) is 0 Å². The number of halogens is 1. The average Bonchev–Trinajstić information content (AvgIpc) is 2.64. The van der Waals surface area contributed by atoms with Crippen molar-refractivity contribution in [3.8, 4) is 0 Å². The molecule has 1 aliphatic heterocycles. The minimum Gasteiger partial charge on any atom is -0.297 e. The summed E-state index contributed by atoms with van der Waals surface area (Å²) in [5.74, 6) is 0.341. The largest absolute Gasteiger partial charge is 0.297 e. The lowest BCUT2D eigenvalue weighted by atomic mass is 9.95. The first kappa shape index (κ1) is 15.1. The van der Waals surface area contributed by atoms with Gasteiger partial charge in [0, 0.05) is 22.7 Å². The highest BCUT2D eigenvalue weighted by molar-refractivity contribution is 9.10. The molecule has 0 fully saturated rings. The smallest absolute Gasteiger partial charge is 0.161 e. The van der Waals surface area contributed by atoms with Gasteiger partial charge in [0.05, 0.1) is 11.4 Å². The third kappa shape index (κ3) is 2.88. The number of rotatable bonds is 2. The molecule has 0 radical (unpaired) electrons. The highest BCUT2D eigenvalue weighted by Gasteiger charge is 2.28. The third-order valence-corrected chi connectivity index (χ3v) is 4.32. The van der Waals surface area contributed by atoms with E-state index in [-0.39, 0.29) is 17.7 Å². The van der Waals surface area contributed by atoms with Crippen LogP contribution in [0.3, 0.4) is 0 Å². The number of benzene rings is 1. The average molecular weight is 357 g/mol. The number of carbonyl (C=O) groups is 1. The van der Waals surface area contributed by atoms with Gasteiger partial charge in [-0.3, -0.25) is 14.8 Å². The van der Waals surface area contributed by atoms with Crippen molar-refractivity contribution in [2.24, 2.45) is 10.9 Å². The SMILES string of the molecule is CC(C)[C@@H]1N=C(c2ccccn2)c2cc(Br)ccc2CC1=O. The first-order chi connectivity index (χ1) is 10.6. The maximum atomic E-state index is 12.5. The number of hydrogen-bond acceptors (Lipinski definition) is 3. The van der Waals surface area contributed by atoms with Gasteiger partial charge in [-0.2, -0.15) is 0 Å². The lowest BCUT2D eigenvalue weighted by molar-refractivity contribution is -0.120. The fourth-order valence-electron chi connectivity index (χ4n) is 2.72. The summed E-state index contributed by atoms with van der Waals surface area (Å²) in [6.45, 7) is 4.07. The van der Waals surface area contributed by atoms with Crippen molar-refractivity contribution in [2.45, 2.75) is 26.3 Å². The second-order valence-corrected chi connectivity index (χ2v) is 6.74. The standard InChI is InChI=1S/C18H17BrN2O/c1-11(2)17-16(22)9-12-6-7-13(19)10-14(12)18(21-17)15-5-3-4-8-20-15/h3-8,10-11,17H,9H2,1-2H3/t17-/m0/s1. The van der Waals surface area contributed by atoms with Crippen molar-refractivity contribution in [1.29, 1.82) is 0 Å². The molecule has 1 aromatic carbocycles.